The second-order valence-corrected chi connectivity index (χ2v) is 4.46. The van der Waals surface area contributed by atoms with Gasteiger partial charge in [0.15, 0.2) is 6.10 Å². The molecule has 0 radical (unpaired) electrons. The van der Waals surface area contributed by atoms with Crippen LogP contribution in [-0.4, -0.2) is 76.9 Å². The van der Waals surface area contributed by atoms with E-state index in [2.05, 4.69) is 24.1 Å². The Morgan fingerprint density at radius 1 is 1.44 bits per heavy atom. The summed E-state index contributed by atoms with van der Waals surface area (Å²) in [7, 11) is 0. The van der Waals surface area contributed by atoms with Gasteiger partial charge in [0.25, 0.3) is 0 Å². The van der Waals surface area contributed by atoms with E-state index in [9.17, 15) is 9.59 Å². The number of urea groups is 1. The normalized spacial score (nSPS) is 22.6. The smallest absolute Gasteiger partial charge is 0.334 e. The second-order valence-electron chi connectivity index (χ2n) is 4.46. The summed E-state index contributed by atoms with van der Waals surface area (Å²) >= 11 is 0. The van der Waals surface area contributed by atoms with Gasteiger partial charge in [-0.15, -0.1) is 0 Å². The standard InChI is InChI=1S/C11H21N3O4/c1-3-13-4-5-14(7-8(13)2)11(18)12-6-9(15)10(16)17/h8-9,15H,3-7H2,1-2H3,(H,12,18)(H,16,17). The van der Waals surface area contributed by atoms with Gasteiger partial charge in [-0.1, -0.05) is 6.92 Å². The maximum Gasteiger partial charge on any atom is 0.334 e. The largest absolute Gasteiger partial charge is 0.479 e. The highest BCUT2D eigenvalue weighted by molar-refractivity contribution is 5.76. The molecule has 1 aliphatic rings. The van der Waals surface area contributed by atoms with E-state index < -0.39 is 12.1 Å². The van der Waals surface area contributed by atoms with Crippen molar-refractivity contribution in [1.29, 1.82) is 0 Å². The van der Waals surface area contributed by atoms with Crippen LogP contribution in [0.2, 0.25) is 0 Å². The molecule has 3 N–H and O–H groups in total. The molecule has 2 amide bonds. The van der Waals surface area contributed by atoms with Gasteiger partial charge < -0.3 is 20.4 Å². The molecule has 0 aromatic heterocycles. The SMILES string of the molecule is CCN1CCN(C(=O)NCC(O)C(=O)O)CC1C. The van der Waals surface area contributed by atoms with E-state index in [1.165, 1.54) is 0 Å². The zero-order valence-electron chi connectivity index (χ0n) is 10.8. The van der Waals surface area contributed by atoms with Gasteiger partial charge in [-0.25, -0.2) is 9.59 Å². The Morgan fingerprint density at radius 3 is 2.61 bits per heavy atom. The highest BCUT2D eigenvalue weighted by Gasteiger charge is 2.26. The van der Waals surface area contributed by atoms with Gasteiger partial charge in [-0.3, -0.25) is 4.90 Å². The molecule has 1 saturated heterocycles. The molecular formula is C11H21N3O4. The van der Waals surface area contributed by atoms with Gasteiger partial charge in [-0.2, -0.15) is 0 Å². The number of carboxylic acids is 1. The lowest BCUT2D eigenvalue weighted by atomic mass is 10.2. The summed E-state index contributed by atoms with van der Waals surface area (Å²) in [6, 6.07) is -0.0307. The van der Waals surface area contributed by atoms with Crippen molar-refractivity contribution in [2.45, 2.75) is 26.0 Å². The number of carbonyl (C=O) groups excluding carboxylic acids is 1. The molecule has 2 unspecified atom stereocenters. The van der Waals surface area contributed by atoms with Crippen LogP contribution in [0.25, 0.3) is 0 Å². The Kier molecular flexibility index (Phi) is 5.36. The van der Waals surface area contributed by atoms with Crippen LogP contribution in [0.4, 0.5) is 4.79 Å². The molecule has 18 heavy (non-hydrogen) atoms. The number of aliphatic hydroxyl groups excluding tert-OH is 1. The number of rotatable bonds is 4. The van der Waals surface area contributed by atoms with Crippen LogP contribution in [0, 0.1) is 0 Å². The number of aliphatic carboxylic acids is 1. The van der Waals surface area contributed by atoms with E-state index in [-0.39, 0.29) is 12.6 Å². The third-order valence-electron chi connectivity index (χ3n) is 3.19. The van der Waals surface area contributed by atoms with Crippen molar-refractivity contribution >= 4 is 12.0 Å². The first kappa shape index (κ1) is 14.7. The Labute approximate surface area is 106 Å². The highest BCUT2D eigenvalue weighted by atomic mass is 16.4. The number of hydrogen-bond acceptors (Lipinski definition) is 4. The molecule has 0 spiro atoms. The van der Waals surface area contributed by atoms with E-state index in [0.717, 1.165) is 13.1 Å². The van der Waals surface area contributed by atoms with Gasteiger partial charge in [0.1, 0.15) is 0 Å². The average Bonchev–Trinajstić information content (AvgIpc) is 2.35. The van der Waals surface area contributed by atoms with Gasteiger partial charge in [0, 0.05) is 25.7 Å². The summed E-state index contributed by atoms with van der Waals surface area (Å²) in [5.41, 5.74) is 0. The summed E-state index contributed by atoms with van der Waals surface area (Å²) in [5.74, 6) is -1.33. The number of nitrogens with one attached hydrogen (secondary N) is 1. The summed E-state index contributed by atoms with van der Waals surface area (Å²) in [5, 5.41) is 20.0. The monoisotopic (exact) mass is 259 g/mol. The molecule has 0 aliphatic carbocycles. The fourth-order valence-electron chi connectivity index (χ4n) is 2.03. The topological polar surface area (TPSA) is 93.1 Å². The molecule has 104 valence electrons. The van der Waals surface area contributed by atoms with Crippen molar-refractivity contribution in [3.8, 4) is 0 Å². The number of carbonyl (C=O) groups is 2. The fraction of sp³-hybridized carbons (Fsp3) is 0.818. The fourth-order valence-corrected chi connectivity index (χ4v) is 2.03. The van der Waals surface area contributed by atoms with Crippen LogP contribution in [0.3, 0.4) is 0 Å². The summed E-state index contributed by atoms with van der Waals surface area (Å²) in [6.45, 7) is 6.86. The van der Waals surface area contributed by atoms with E-state index in [1.54, 1.807) is 4.90 Å². The Balaban J connectivity index is 2.37. The summed E-state index contributed by atoms with van der Waals surface area (Å²) in [4.78, 5) is 26.1. The first-order chi connectivity index (χ1) is 8.45. The third kappa shape index (κ3) is 3.85. The quantitative estimate of drug-likeness (QED) is 0.612. The Hall–Kier alpha value is -1.34. The molecule has 2 atom stereocenters. The lowest BCUT2D eigenvalue weighted by Gasteiger charge is -2.39. The molecule has 0 aromatic carbocycles. The van der Waals surface area contributed by atoms with E-state index in [4.69, 9.17) is 10.2 Å². The minimum atomic E-state index is -1.55. The molecule has 7 heteroatoms. The first-order valence-corrected chi connectivity index (χ1v) is 6.13. The molecule has 1 fully saturated rings. The Bertz CT molecular complexity index is 311. The minimum absolute atomic E-state index is 0.267. The highest BCUT2D eigenvalue weighted by Crippen LogP contribution is 2.08. The maximum atomic E-state index is 11.8. The molecule has 0 aromatic rings. The van der Waals surface area contributed by atoms with Gasteiger partial charge >= 0.3 is 12.0 Å². The minimum Gasteiger partial charge on any atom is -0.479 e. The number of carboxylic acid groups (broad SMARTS) is 1. The molecule has 0 saturated carbocycles. The van der Waals surface area contributed by atoms with Crippen LogP contribution >= 0.6 is 0 Å². The lowest BCUT2D eigenvalue weighted by molar-refractivity contribution is -0.146. The summed E-state index contributed by atoms with van der Waals surface area (Å²) < 4.78 is 0. The van der Waals surface area contributed by atoms with Gasteiger partial charge in [0.2, 0.25) is 0 Å². The van der Waals surface area contributed by atoms with Crippen LogP contribution < -0.4 is 5.32 Å². The van der Waals surface area contributed by atoms with Crippen LogP contribution in [0.1, 0.15) is 13.8 Å². The third-order valence-corrected chi connectivity index (χ3v) is 3.19. The Morgan fingerprint density at radius 2 is 2.11 bits per heavy atom. The molecule has 1 aliphatic heterocycles. The van der Waals surface area contributed by atoms with Gasteiger partial charge in [0.05, 0.1) is 6.54 Å². The zero-order valence-corrected chi connectivity index (χ0v) is 10.8. The molecule has 1 heterocycles. The van der Waals surface area contributed by atoms with Crippen molar-refractivity contribution < 1.29 is 19.8 Å². The van der Waals surface area contributed by atoms with Crippen molar-refractivity contribution in [3.05, 3.63) is 0 Å². The predicted octanol–water partition coefficient (Wildman–Crippen LogP) is -0.832. The predicted molar refractivity (Wildman–Crippen MR) is 65.3 cm³/mol. The van der Waals surface area contributed by atoms with Crippen molar-refractivity contribution in [2.75, 3.05) is 32.7 Å². The molecule has 0 bridgehead atoms. The molecular weight excluding hydrogens is 238 g/mol. The number of aliphatic hydroxyl groups is 1. The van der Waals surface area contributed by atoms with E-state index in [0.29, 0.717) is 19.1 Å². The lowest BCUT2D eigenvalue weighted by Crippen LogP contribution is -2.56. The van der Waals surface area contributed by atoms with Crippen molar-refractivity contribution in [1.82, 2.24) is 15.1 Å². The maximum absolute atomic E-state index is 11.8. The number of hydrogen-bond donors (Lipinski definition) is 3. The van der Waals surface area contributed by atoms with E-state index in [1.807, 2.05) is 0 Å². The number of nitrogens with zero attached hydrogens (tertiary/aromatic N) is 2. The second kappa shape index (κ2) is 6.55. The summed E-state index contributed by atoms with van der Waals surface area (Å²) in [6.07, 6.45) is -1.55. The van der Waals surface area contributed by atoms with Crippen molar-refractivity contribution in [3.63, 3.8) is 0 Å². The first-order valence-electron chi connectivity index (χ1n) is 6.13. The zero-order chi connectivity index (χ0) is 13.7. The van der Waals surface area contributed by atoms with Crippen LogP contribution in [0.15, 0.2) is 0 Å². The molecule has 1 rings (SSSR count). The van der Waals surface area contributed by atoms with Crippen LogP contribution in [0.5, 0.6) is 0 Å². The van der Waals surface area contributed by atoms with Crippen LogP contribution in [-0.2, 0) is 4.79 Å². The van der Waals surface area contributed by atoms with Crippen molar-refractivity contribution in [2.24, 2.45) is 0 Å². The number of amides is 2. The molecule has 7 nitrogen and oxygen atoms in total. The number of piperazine rings is 1. The average molecular weight is 259 g/mol. The number of likely N-dealkylation sites (N-methyl/N-ethyl adjacent to an activating group) is 1. The van der Waals surface area contributed by atoms with E-state index >= 15 is 0 Å². The van der Waals surface area contributed by atoms with Gasteiger partial charge in [-0.05, 0) is 13.5 Å².